The fraction of sp³-hybridized carbons (Fsp3) is 0.350. The maximum Gasteiger partial charge on any atom is 0.248 e. The van der Waals surface area contributed by atoms with E-state index < -0.39 is 6.10 Å². The molecule has 1 atom stereocenters. The number of ether oxygens (including phenoxy) is 2. The van der Waals surface area contributed by atoms with E-state index in [4.69, 9.17) is 9.47 Å². The Morgan fingerprint density at radius 3 is 2.88 bits per heavy atom. The summed E-state index contributed by atoms with van der Waals surface area (Å²) in [6, 6.07) is 16.1. The molecular formula is C20H23NO3. The lowest BCUT2D eigenvalue weighted by Crippen LogP contribution is -2.35. The molecule has 0 saturated heterocycles. The van der Waals surface area contributed by atoms with Crippen LogP contribution in [-0.2, 0) is 29.0 Å². The molecule has 0 spiro atoms. The number of hydrogen-bond acceptors (Lipinski definition) is 3. The van der Waals surface area contributed by atoms with Crippen molar-refractivity contribution in [2.75, 3.05) is 13.2 Å². The van der Waals surface area contributed by atoms with Gasteiger partial charge in [-0.05, 0) is 36.1 Å². The Balaban J connectivity index is 1.40. The summed E-state index contributed by atoms with van der Waals surface area (Å²) in [4.78, 5) is 12.1. The Morgan fingerprint density at radius 1 is 1.21 bits per heavy atom. The van der Waals surface area contributed by atoms with E-state index in [-0.39, 0.29) is 5.91 Å². The van der Waals surface area contributed by atoms with Gasteiger partial charge in [-0.25, -0.2) is 0 Å². The number of carbonyl (C=O) groups excluding carboxylic acids is 1. The van der Waals surface area contributed by atoms with Crippen molar-refractivity contribution in [3.63, 3.8) is 0 Å². The lowest BCUT2D eigenvalue weighted by atomic mass is 10.1. The Morgan fingerprint density at radius 2 is 2.04 bits per heavy atom. The molecule has 24 heavy (non-hydrogen) atoms. The van der Waals surface area contributed by atoms with Crippen molar-refractivity contribution in [3.05, 3.63) is 65.2 Å². The topological polar surface area (TPSA) is 47.6 Å². The van der Waals surface area contributed by atoms with Crippen molar-refractivity contribution in [1.82, 2.24) is 5.32 Å². The van der Waals surface area contributed by atoms with Crippen LogP contribution in [0, 0.1) is 0 Å². The van der Waals surface area contributed by atoms with E-state index in [1.54, 1.807) is 6.92 Å². The van der Waals surface area contributed by atoms with Crippen molar-refractivity contribution < 1.29 is 14.3 Å². The molecule has 1 aliphatic rings. The van der Waals surface area contributed by atoms with Crippen LogP contribution in [0.1, 0.15) is 23.6 Å². The fourth-order valence-electron chi connectivity index (χ4n) is 2.74. The Bertz CT molecular complexity index is 685. The highest BCUT2D eigenvalue weighted by Gasteiger charge is 2.14. The maximum absolute atomic E-state index is 12.1. The molecule has 1 aliphatic heterocycles. The molecule has 2 aromatic rings. The average Bonchev–Trinajstić information content (AvgIpc) is 3.08. The van der Waals surface area contributed by atoms with Gasteiger partial charge in [0.2, 0.25) is 5.91 Å². The van der Waals surface area contributed by atoms with Crippen molar-refractivity contribution in [2.24, 2.45) is 0 Å². The molecule has 0 unspecified atom stereocenters. The van der Waals surface area contributed by atoms with E-state index in [2.05, 4.69) is 17.4 Å². The van der Waals surface area contributed by atoms with E-state index in [0.29, 0.717) is 13.2 Å². The molecule has 4 nitrogen and oxygen atoms in total. The van der Waals surface area contributed by atoms with Crippen LogP contribution in [0.5, 0.6) is 5.75 Å². The second kappa shape index (κ2) is 7.97. The van der Waals surface area contributed by atoms with Crippen LogP contribution in [0.2, 0.25) is 0 Å². The fourth-order valence-corrected chi connectivity index (χ4v) is 2.74. The first-order chi connectivity index (χ1) is 11.7. The molecule has 0 saturated carbocycles. The number of benzene rings is 2. The molecule has 4 heteroatoms. The molecule has 0 aromatic heterocycles. The number of hydrogen-bond donors (Lipinski definition) is 1. The van der Waals surface area contributed by atoms with Gasteiger partial charge in [0.05, 0.1) is 13.2 Å². The number of amides is 1. The van der Waals surface area contributed by atoms with Crippen LogP contribution in [-0.4, -0.2) is 25.2 Å². The van der Waals surface area contributed by atoms with Gasteiger partial charge in [-0.3, -0.25) is 4.79 Å². The molecule has 1 heterocycles. The van der Waals surface area contributed by atoms with Crippen molar-refractivity contribution >= 4 is 5.91 Å². The third kappa shape index (κ3) is 4.36. The molecule has 2 aromatic carbocycles. The van der Waals surface area contributed by atoms with Gasteiger partial charge < -0.3 is 14.8 Å². The largest absolute Gasteiger partial charge is 0.493 e. The number of nitrogens with one attached hydrogen (secondary N) is 1. The molecule has 1 amide bonds. The number of fused-ring (bicyclic) bond motifs is 1. The lowest BCUT2D eigenvalue weighted by molar-refractivity contribution is -0.132. The zero-order chi connectivity index (χ0) is 16.8. The lowest BCUT2D eigenvalue weighted by Gasteiger charge is -2.13. The summed E-state index contributed by atoms with van der Waals surface area (Å²) in [7, 11) is 0. The minimum atomic E-state index is -0.460. The predicted octanol–water partition coefficient (Wildman–Crippen LogP) is 2.89. The second-order valence-corrected chi connectivity index (χ2v) is 6.02. The highest BCUT2D eigenvalue weighted by atomic mass is 16.5. The van der Waals surface area contributed by atoms with E-state index in [0.717, 1.165) is 30.8 Å². The smallest absolute Gasteiger partial charge is 0.248 e. The van der Waals surface area contributed by atoms with Gasteiger partial charge in [0.25, 0.3) is 0 Å². The van der Waals surface area contributed by atoms with Gasteiger partial charge in [0, 0.05) is 13.0 Å². The summed E-state index contributed by atoms with van der Waals surface area (Å²) in [5, 5.41) is 2.94. The van der Waals surface area contributed by atoms with Gasteiger partial charge in [0.15, 0.2) is 0 Å². The van der Waals surface area contributed by atoms with Crippen LogP contribution in [0.4, 0.5) is 0 Å². The summed E-state index contributed by atoms with van der Waals surface area (Å²) in [6.45, 7) is 3.61. The summed E-state index contributed by atoms with van der Waals surface area (Å²) in [5.41, 5.74) is 3.55. The SMILES string of the molecule is C[C@H](OCc1ccccc1)C(=O)NCCc1ccc2c(c1)CCO2. The van der Waals surface area contributed by atoms with Gasteiger partial charge in [-0.2, -0.15) is 0 Å². The molecule has 0 fully saturated rings. The first-order valence-corrected chi connectivity index (χ1v) is 8.40. The first kappa shape index (κ1) is 16.5. The quantitative estimate of drug-likeness (QED) is 0.851. The monoisotopic (exact) mass is 325 g/mol. The van der Waals surface area contributed by atoms with Crippen LogP contribution in [0.15, 0.2) is 48.5 Å². The third-order valence-corrected chi connectivity index (χ3v) is 4.18. The van der Waals surface area contributed by atoms with Crippen molar-refractivity contribution in [1.29, 1.82) is 0 Å². The molecule has 1 N–H and O–H groups in total. The average molecular weight is 325 g/mol. The Kier molecular flexibility index (Phi) is 5.49. The number of rotatable bonds is 7. The Hall–Kier alpha value is -2.33. The summed E-state index contributed by atoms with van der Waals surface area (Å²) in [5.74, 6) is 0.918. The minimum absolute atomic E-state index is 0.0737. The van der Waals surface area contributed by atoms with Gasteiger partial charge >= 0.3 is 0 Å². The van der Waals surface area contributed by atoms with E-state index in [1.165, 1.54) is 11.1 Å². The van der Waals surface area contributed by atoms with Gasteiger partial charge in [-0.1, -0.05) is 42.5 Å². The molecular weight excluding hydrogens is 302 g/mol. The summed E-state index contributed by atoms with van der Waals surface area (Å²) < 4.78 is 11.1. The van der Waals surface area contributed by atoms with Crippen LogP contribution in [0.3, 0.4) is 0 Å². The van der Waals surface area contributed by atoms with E-state index >= 15 is 0 Å². The summed E-state index contributed by atoms with van der Waals surface area (Å²) >= 11 is 0. The first-order valence-electron chi connectivity index (χ1n) is 8.40. The normalized spacial score (nSPS) is 13.9. The van der Waals surface area contributed by atoms with Gasteiger partial charge in [-0.15, -0.1) is 0 Å². The van der Waals surface area contributed by atoms with Crippen LogP contribution < -0.4 is 10.1 Å². The molecule has 126 valence electrons. The Labute approximate surface area is 142 Å². The van der Waals surface area contributed by atoms with Gasteiger partial charge in [0.1, 0.15) is 11.9 Å². The van der Waals surface area contributed by atoms with E-state index in [9.17, 15) is 4.79 Å². The third-order valence-electron chi connectivity index (χ3n) is 4.18. The summed E-state index contributed by atoms with van der Waals surface area (Å²) in [6.07, 6.45) is 1.32. The highest BCUT2D eigenvalue weighted by molar-refractivity contribution is 5.80. The maximum atomic E-state index is 12.1. The van der Waals surface area contributed by atoms with Crippen LogP contribution >= 0.6 is 0 Å². The minimum Gasteiger partial charge on any atom is -0.493 e. The molecule has 0 bridgehead atoms. The molecule has 0 aliphatic carbocycles. The highest BCUT2D eigenvalue weighted by Crippen LogP contribution is 2.25. The van der Waals surface area contributed by atoms with Crippen molar-refractivity contribution in [3.8, 4) is 5.75 Å². The standard InChI is InChI=1S/C20H23NO3/c1-15(24-14-17-5-3-2-4-6-17)20(22)21-11-9-16-7-8-19-18(13-16)10-12-23-19/h2-8,13,15H,9-12,14H2,1H3,(H,21,22)/t15-/m0/s1. The zero-order valence-electron chi connectivity index (χ0n) is 14.0. The van der Waals surface area contributed by atoms with Crippen LogP contribution in [0.25, 0.3) is 0 Å². The van der Waals surface area contributed by atoms with E-state index in [1.807, 2.05) is 36.4 Å². The number of carbonyl (C=O) groups is 1. The second-order valence-electron chi connectivity index (χ2n) is 6.02. The molecule has 3 rings (SSSR count). The zero-order valence-corrected chi connectivity index (χ0v) is 14.0. The predicted molar refractivity (Wildman–Crippen MR) is 93.0 cm³/mol. The molecule has 0 radical (unpaired) electrons. The van der Waals surface area contributed by atoms with Crippen molar-refractivity contribution in [2.45, 2.75) is 32.5 Å².